The Labute approximate surface area is 200 Å². The van der Waals surface area contributed by atoms with Crippen LogP contribution in [0.15, 0.2) is 70.1 Å². The normalized spacial score (nSPS) is 10.9. The summed E-state index contributed by atoms with van der Waals surface area (Å²) in [5.41, 5.74) is 1.18. The van der Waals surface area contributed by atoms with E-state index in [1.807, 2.05) is 0 Å². The van der Waals surface area contributed by atoms with Crippen molar-refractivity contribution in [1.82, 2.24) is 0 Å². The summed E-state index contributed by atoms with van der Waals surface area (Å²) in [4.78, 5) is 24.5. The van der Waals surface area contributed by atoms with E-state index in [4.69, 9.17) is 23.4 Å². The number of non-ortho nitro benzene ring substituents is 1. The van der Waals surface area contributed by atoms with Gasteiger partial charge in [-0.15, -0.1) is 0 Å². The summed E-state index contributed by atoms with van der Waals surface area (Å²) in [6.45, 7) is 0. The number of benzene rings is 3. The number of nitro groups is 1. The summed E-state index contributed by atoms with van der Waals surface area (Å²) in [7, 11) is 6.13. The maximum atomic E-state index is 13.7. The molecule has 0 fully saturated rings. The Kier molecular flexibility index (Phi) is 6.59. The number of ether oxygens (including phenoxy) is 4. The van der Waals surface area contributed by atoms with Gasteiger partial charge >= 0.3 is 0 Å². The monoisotopic (exact) mass is 477 g/mol. The van der Waals surface area contributed by atoms with E-state index >= 15 is 0 Å². The van der Waals surface area contributed by atoms with Crippen molar-refractivity contribution in [3.63, 3.8) is 0 Å². The smallest absolute Gasteiger partial charge is 0.270 e. The molecule has 3 aromatic carbocycles. The van der Waals surface area contributed by atoms with Gasteiger partial charge in [-0.1, -0.05) is 12.1 Å². The van der Waals surface area contributed by atoms with Crippen LogP contribution < -0.4 is 24.4 Å². The highest BCUT2D eigenvalue weighted by Gasteiger charge is 2.28. The Morgan fingerprint density at radius 2 is 1.34 bits per heavy atom. The van der Waals surface area contributed by atoms with E-state index in [-0.39, 0.29) is 22.2 Å². The van der Waals surface area contributed by atoms with E-state index in [9.17, 15) is 14.9 Å². The zero-order valence-corrected chi connectivity index (χ0v) is 19.6. The lowest BCUT2D eigenvalue weighted by atomic mass is 9.84. The molecule has 9 nitrogen and oxygen atoms in total. The predicted octanol–water partition coefficient (Wildman–Crippen LogP) is 4.92. The molecule has 0 atom stereocenters. The first kappa shape index (κ1) is 23.6. The molecule has 9 heteroatoms. The molecule has 0 unspecified atom stereocenters. The van der Waals surface area contributed by atoms with Crippen LogP contribution in [-0.4, -0.2) is 33.4 Å². The second-order valence-electron chi connectivity index (χ2n) is 7.61. The summed E-state index contributed by atoms with van der Waals surface area (Å²) in [5.74, 6) is 1.41. The topological polar surface area (TPSA) is 110 Å². The molecule has 0 N–H and O–H groups in total. The van der Waals surface area contributed by atoms with E-state index in [0.717, 1.165) is 0 Å². The lowest BCUT2D eigenvalue weighted by Crippen LogP contribution is -2.17. The average molecular weight is 477 g/mol. The van der Waals surface area contributed by atoms with Crippen LogP contribution in [0.3, 0.4) is 0 Å². The van der Waals surface area contributed by atoms with Gasteiger partial charge < -0.3 is 23.4 Å². The van der Waals surface area contributed by atoms with Crippen LogP contribution >= 0.6 is 0 Å². The average Bonchev–Trinajstić information content (AvgIpc) is 2.89. The summed E-state index contributed by atoms with van der Waals surface area (Å²) >= 11 is 0. The molecule has 35 heavy (non-hydrogen) atoms. The van der Waals surface area contributed by atoms with Gasteiger partial charge in [-0.25, -0.2) is 0 Å². The highest BCUT2D eigenvalue weighted by molar-refractivity contribution is 5.80. The van der Waals surface area contributed by atoms with Crippen molar-refractivity contribution >= 4 is 16.7 Å². The summed E-state index contributed by atoms with van der Waals surface area (Å²) in [6, 6.07) is 14.5. The molecule has 0 saturated heterocycles. The third kappa shape index (κ3) is 4.35. The van der Waals surface area contributed by atoms with Crippen molar-refractivity contribution < 1.29 is 28.3 Å². The molecule has 1 aromatic heterocycles. The Balaban J connectivity index is 2.05. The first-order valence-electron chi connectivity index (χ1n) is 10.6. The van der Waals surface area contributed by atoms with E-state index in [0.29, 0.717) is 34.1 Å². The van der Waals surface area contributed by atoms with E-state index < -0.39 is 16.3 Å². The molecule has 0 saturated carbocycles. The highest BCUT2D eigenvalue weighted by Crippen LogP contribution is 2.42. The van der Waals surface area contributed by atoms with Crippen molar-refractivity contribution in [2.24, 2.45) is 0 Å². The van der Waals surface area contributed by atoms with Crippen LogP contribution in [0.1, 0.15) is 22.6 Å². The van der Waals surface area contributed by atoms with Crippen molar-refractivity contribution in [3.05, 3.63) is 97.9 Å². The van der Waals surface area contributed by atoms with Crippen LogP contribution in [0.2, 0.25) is 0 Å². The fourth-order valence-electron chi connectivity index (χ4n) is 4.06. The Bertz CT molecular complexity index is 1400. The van der Waals surface area contributed by atoms with Gasteiger partial charge in [0.1, 0.15) is 28.6 Å². The number of hydrogen-bond donors (Lipinski definition) is 0. The molecule has 0 aliphatic heterocycles. The molecule has 0 amide bonds. The maximum Gasteiger partial charge on any atom is 0.270 e. The van der Waals surface area contributed by atoms with Crippen molar-refractivity contribution in [3.8, 4) is 23.0 Å². The predicted molar refractivity (Wildman–Crippen MR) is 129 cm³/mol. The van der Waals surface area contributed by atoms with Crippen molar-refractivity contribution in [2.75, 3.05) is 28.4 Å². The van der Waals surface area contributed by atoms with Gasteiger partial charge in [0, 0.05) is 46.9 Å². The molecule has 0 spiro atoms. The molecule has 4 aromatic rings. The molecule has 0 aliphatic rings. The lowest BCUT2D eigenvalue weighted by molar-refractivity contribution is -0.384. The molecular weight excluding hydrogens is 454 g/mol. The van der Waals surface area contributed by atoms with Crippen LogP contribution in [0.5, 0.6) is 23.0 Å². The van der Waals surface area contributed by atoms with Crippen molar-refractivity contribution in [1.29, 1.82) is 0 Å². The van der Waals surface area contributed by atoms with E-state index in [1.165, 1.54) is 38.7 Å². The third-order valence-electron chi connectivity index (χ3n) is 5.81. The first-order chi connectivity index (χ1) is 16.9. The molecule has 1 heterocycles. The SMILES string of the molecule is COc1ccc(C(c2ccc(OC)cc2OC)c2coc3ccc([N+](=O)[O-])cc3c2=O)c(OC)c1. The maximum absolute atomic E-state index is 13.7. The van der Waals surface area contributed by atoms with Gasteiger partial charge in [-0.2, -0.15) is 0 Å². The fourth-order valence-corrected chi connectivity index (χ4v) is 4.06. The molecule has 180 valence electrons. The van der Waals surface area contributed by atoms with Crippen LogP contribution in [0, 0.1) is 10.1 Å². The van der Waals surface area contributed by atoms with Crippen LogP contribution in [0.4, 0.5) is 5.69 Å². The zero-order valence-electron chi connectivity index (χ0n) is 19.6. The summed E-state index contributed by atoms with van der Waals surface area (Å²) in [5, 5.41) is 11.4. The molecular formula is C26H23NO8. The number of methoxy groups -OCH3 is 4. The second-order valence-corrected chi connectivity index (χ2v) is 7.61. The Morgan fingerprint density at radius 3 is 1.83 bits per heavy atom. The molecule has 0 aliphatic carbocycles. The molecule has 0 radical (unpaired) electrons. The van der Waals surface area contributed by atoms with Crippen LogP contribution in [-0.2, 0) is 0 Å². The van der Waals surface area contributed by atoms with Gasteiger partial charge in [-0.3, -0.25) is 14.9 Å². The van der Waals surface area contributed by atoms with Gasteiger partial charge in [0.15, 0.2) is 5.43 Å². The number of hydrogen-bond acceptors (Lipinski definition) is 8. The fraction of sp³-hybridized carbons (Fsp3) is 0.192. The van der Waals surface area contributed by atoms with Gasteiger partial charge in [0.25, 0.3) is 5.69 Å². The molecule has 0 bridgehead atoms. The summed E-state index contributed by atoms with van der Waals surface area (Å²) < 4.78 is 27.7. The lowest BCUT2D eigenvalue weighted by Gasteiger charge is -2.23. The number of nitrogens with zero attached hydrogens (tertiary/aromatic N) is 1. The minimum Gasteiger partial charge on any atom is -0.497 e. The van der Waals surface area contributed by atoms with E-state index in [2.05, 4.69) is 0 Å². The first-order valence-corrected chi connectivity index (χ1v) is 10.6. The highest BCUT2D eigenvalue weighted by atomic mass is 16.6. The largest absolute Gasteiger partial charge is 0.497 e. The minimum atomic E-state index is -0.698. The Hall–Kier alpha value is -4.53. The number of fused-ring (bicyclic) bond motifs is 1. The zero-order chi connectivity index (χ0) is 25.1. The third-order valence-corrected chi connectivity index (χ3v) is 5.81. The molecule has 4 rings (SSSR count). The van der Waals surface area contributed by atoms with Crippen LogP contribution in [0.25, 0.3) is 11.0 Å². The van der Waals surface area contributed by atoms with E-state index in [1.54, 1.807) is 50.6 Å². The number of nitro benzene ring substituents is 1. The number of rotatable bonds is 8. The standard InChI is InChI=1S/C26H23NO8/c1-31-16-6-8-18(23(12-16)33-3)25(19-9-7-17(32-2)13-24(19)34-4)21-14-35-22-10-5-15(27(29)30)11-20(22)26(21)28/h5-14,25H,1-4H3. The summed E-state index contributed by atoms with van der Waals surface area (Å²) in [6.07, 6.45) is 1.37. The minimum absolute atomic E-state index is 0.0988. The van der Waals surface area contributed by atoms with Gasteiger partial charge in [0.2, 0.25) is 0 Å². The van der Waals surface area contributed by atoms with Crippen molar-refractivity contribution in [2.45, 2.75) is 5.92 Å². The van der Waals surface area contributed by atoms with Gasteiger partial charge in [-0.05, 0) is 18.2 Å². The second kappa shape index (κ2) is 9.76. The quantitative estimate of drug-likeness (QED) is 0.260. The van der Waals surface area contributed by atoms with Gasteiger partial charge in [0.05, 0.1) is 45.0 Å². The Morgan fingerprint density at radius 1 is 0.771 bits per heavy atom.